The van der Waals surface area contributed by atoms with Gasteiger partial charge in [0.15, 0.2) is 11.0 Å². The van der Waals surface area contributed by atoms with Gasteiger partial charge in [-0.3, -0.25) is 9.36 Å². The minimum atomic E-state index is 0.0355. The molecule has 30 heavy (non-hydrogen) atoms. The van der Waals surface area contributed by atoms with Crippen molar-refractivity contribution in [2.24, 2.45) is 0 Å². The second kappa shape index (κ2) is 9.62. The van der Waals surface area contributed by atoms with Crippen LogP contribution >= 0.6 is 23.1 Å². The summed E-state index contributed by atoms with van der Waals surface area (Å²) in [5, 5.41) is 5.52. The fourth-order valence-corrected chi connectivity index (χ4v) is 5.83. The lowest BCUT2D eigenvalue weighted by Gasteiger charge is -2.15. The maximum atomic E-state index is 13.5. The highest BCUT2D eigenvalue weighted by molar-refractivity contribution is 7.98. The Balaban J connectivity index is 1.64. The van der Waals surface area contributed by atoms with E-state index >= 15 is 0 Å². The predicted octanol–water partition coefficient (Wildman–Crippen LogP) is 4.53. The minimum absolute atomic E-state index is 0.0355. The molecule has 9 heteroatoms. The highest BCUT2D eigenvalue weighted by Crippen LogP contribution is 2.30. The summed E-state index contributed by atoms with van der Waals surface area (Å²) in [5.41, 5.74) is 1.15. The van der Waals surface area contributed by atoms with Gasteiger partial charge < -0.3 is 9.26 Å². The second-order valence-electron chi connectivity index (χ2n) is 7.61. The molecule has 1 aliphatic heterocycles. The Bertz CT molecular complexity index is 1070. The summed E-state index contributed by atoms with van der Waals surface area (Å²) in [6.07, 6.45) is 5.88. The van der Waals surface area contributed by atoms with Crippen molar-refractivity contribution in [3.63, 3.8) is 0 Å². The summed E-state index contributed by atoms with van der Waals surface area (Å²) in [6.45, 7) is 7.60. The molecule has 0 aromatic carbocycles. The van der Waals surface area contributed by atoms with Crippen LogP contribution in [-0.2, 0) is 29.9 Å². The number of aromatic nitrogens is 4. The topological polar surface area (TPSA) is 83.0 Å². The average Bonchev–Trinajstić information content (AvgIpc) is 3.47. The van der Waals surface area contributed by atoms with Crippen molar-refractivity contribution in [1.29, 1.82) is 0 Å². The molecule has 4 heterocycles. The molecule has 0 bridgehead atoms. The maximum Gasteiger partial charge on any atom is 0.263 e. The van der Waals surface area contributed by atoms with Gasteiger partial charge in [0.1, 0.15) is 4.83 Å². The molecule has 0 amide bonds. The van der Waals surface area contributed by atoms with E-state index in [1.807, 2.05) is 0 Å². The first kappa shape index (κ1) is 21.5. The zero-order valence-corrected chi connectivity index (χ0v) is 19.4. The quantitative estimate of drug-likeness (QED) is 0.351. The zero-order chi connectivity index (χ0) is 21.1. The number of rotatable bonds is 9. The molecule has 1 fully saturated rings. The van der Waals surface area contributed by atoms with Gasteiger partial charge in [-0.25, -0.2) is 4.98 Å². The van der Waals surface area contributed by atoms with Crippen molar-refractivity contribution in [1.82, 2.24) is 19.7 Å². The Hall–Kier alpha value is -1.71. The van der Waals surface area contributed by atoms with E-state index in [0.29, 0.717) is 23.3 Å². The molecule has 1 atom stereocenters. The Morgan fingerprint density at radius 1 is 1.30 bits per heavy atom. The number of nitrogens with zero attached hydrogens (tertiary/aromatic N) is 4. The molecule has 1 unspecified atom stereocenters. The van der Waals surface area contributed by atoms with E-state index < -0.39 is 0 Å². The third-order valence-electron chi connectivity index (χ3n) is 5.43. The molecule has 162 valence electrons. The largest absolute Gasteiger partial charge is 0.376 e. The van der Waals surface area contributed by atoms with Gasteiger partial charge in [0.05, 0.1) is 23.8 Å². The summed E-state index contributed by atoms with van der Waals surface area (Å²) in [5.74, 6) is 1.81. The van der Waals surface area contributed by atoms with Crippen molar-refractivity contribution < 1.29 is 9.26 Å². The van der Waals surface area contributed by atoms with Crippen LogP contribution in [0, 0.1) is 6.92 Å². The number of thioether (sulfide) groups is 1. The molecule has 0 N–H and O–H groups in total. The first-order valence-electron chi connectivity index (χ1n) is 10.7. The molecule has 7 nitrogen and oxygen atoms in total. The maximum absolute atomic E-state index is 13.5. The highest BCUT2D eigenvalue weighted by atomic mass is 32.2. The molecule has 1 saturated heterocycles. The molecule has 0 saturated carbocycles. The van der Waals surface area contributed by atoms with E-state index in [-0.39, 0.29) is 11.7 Å². The third-order valence-corrected chi connectivity index (χ3v) is 7.43. The van der Waals surface area contributed by atoms with Crippen LogP contribution in [0.25, 0.3) is 10.2 Å². The molecular formula is C21H28N4O3S2. The first-order valence-corrected chi connectivity index (χ1v) is 12.5. The fraction of sp³-hybridized carbons (Fsp3) is 0.619. The molecule has 3 aromatic rings. The number of thiophene rings is 1. The van der Waals surface area contributed by atoms with E-state index in [1.165, 1.54) is 16.6 Å². The van der Waals surface area contributed by atoms with Crippen molar-refractivity contribution in [2.45, 2.75) is 82.9 Å². The van der Waals surface area contributed by atoms with Crippen LogP contribution in [0.2, 0.25) is 0 Å². The SMILES string of the molecule is CCCCc1noc(CSc2nc3sc(C)c(CC)c3c(=O)n2CC2CCCO2)n1. The van der Waals surface area contributed by atoms with E-state index in [4.69, 9.17) is 14.2 Å². The van der Waals surface area contributed by atoms with Crippen LogP contribution in [0.15, 0.2) is 14.5 Å². The molecule has 0 spiro atoms. The second-order valence-corrected chi connectivity index (χ2v) is 9.76. The standard InChI is InChI=1S/C21H28N4O3S2/c1-4-6-9-16-22-17(28-24-16)12-29-21-23-19-18(15(5-2)13(3)30-19)20(26)25(21)11-14-8-7-10-27-14/h14H,4-12H2,1-3H3. The zero-order valence-electron chi connectivity index (χ0n) is 17.8. The number of aryl methyl sites for hydroxylation is 3. The third kappa shape index (κ3) is 4.48. The van der Waals surface area contributed by atoms with Crippen LogP contribution in [0.1, 0.15) is 61.7 Å². The summed E-state index contributed by atoms with van der Waals surface area (Å²) in [4.78, 5) is 24.8. The number of hydrogen-bond donors (Lipinski definition) is 0. The van der Waals surface area contributed by atoms with Gasteiger partial charge >= 0.3 is 0 Å². The minimum Gasteiger partial charge on any atom is -0.376 e. The number of unbranched alkanes of at least 4 members (excludes halogenated alkanes) is 1. The number of hydrogen-bond acceptors (Lipinski definition) is 8. The smallest absolute Gasteiger partial charge is 0.263 e. The van der Waals surface area contributed by atoms with Crippen molar-refractivity contribution in [3.8, 4) is 0 Å². The first-order chi connectivity index (χ1) is 14.6. The van der Waals surface area contributed by atoms with Crippen LogP contribution in [0.3, 0.4) is 0 Å². The summed E-state index contributed by atoms with van der Waals surface area (Å²) in [6, 6.07) is 0. The van der Waals surface area contributed by atoms with Crippen LogP contribution in [0.5, 0.6) is 0 Å². The molecular weight excluding hydrogens is 420 g/mol. The molecule has 0 radical (unpaired) electrons. The van der Waals surface area contributed by atoms with Gasteiger partial charge in [0.25, 0.3) is 5.56 Å². The van der Waals surface area contributed by atoms with Crippen LogP contribution in [-0.4, -0.2) is 32.4 Å². The fourth-order valence-electron chi connectivity index (χ4n) is 3.83. The highest BCUT2D eigenvalue weighted by Gasteiger charge is 2.23. The van der Waals surface area contributed by atoms with Crippen LogP contribution < -0.4 is 5.56 Å². The van der Waals surface area contributed by atoms with E-state index in [9.17, 15) is 4.79 Å². The van der Waals surface area contributed by atoms with Crippen molar-refractivity contribution in [2.75, 3.05) is 6.61 Å². The van der Waals surface area contributed by atoms with Crippen molar-refractivity contribution >= 4 is 33.3 Å². The Morgan fingerprint density at radius 3 is 2.90 bits per heavy atom. The van der Waals surface area contributed by atoms with Gasteiger partial charge in [-0.05, 0) is 38.2 Å². The van der Waals surface area contributed by atoms with E-state index in [2.05, 4.69) is 30.9 Å². The molecule has 1 aliphatic rings. The normalized spacial score (nSPS) is 16.7. The Labute approximate surface area is 184 Å². The summed E-state index contributed by atoms with van der Waals surface area (Å²) < 4.78 is 13.0. The monoisotopic (exact) mass is 448 g/mol. The lowest BCUT2D eigenvalue weighted by molar-refractivity contribution is 0.0937. The summed E-state index contributed by atoms with van der Waals surface area (Å²) >= 11 is 3.08. The van der Waals surface area contributed by atoms with Gasteiger partial charge in [0.2, 0.25) is 5.89 Å². The van der Waals surface area contributed by atoms with Crippen LogP contribution in [0.4, 0.5) is 0 Å². The van der Waals surface area contributed by atoms with Gasteiger partial charge in [-0.2, -0.15) is 4.98 Å². The lowest BCUT2D eigenvalue weighted by Crippen LogP contribution is -2.29. The molecule has 4 rings (SSSR count). The number of ether oxygens (including phenoxy) is 1. The summed E-state index contributed by atoms with van der Waals surface area (Å²) in [7, 11) is 0. The lowest BCUT2D eigenvalue weighted by atomic mass is 10.1. The van der Waals surface area contributed by atoms with E-state index in [1.54, 1.807) is 15.9 Å². The number of fused-ring (bicyclic) bond motifs is 1. The average molecular weight is 449 g/mol. The van der Waals surface area contributed by atoms with Crippen molar-refractivity contribution in [3.05, 3.63) is 32.5 Å². The Morgan fingerprint density at radius 2 is 2.17 bits per heavy atom. The predicted molar refractivity (Wildman–Crippen MR) is 119 cm³/mol. The van der Waals surface area contributed by atoms with Gasteiger partial charge in [0, 0.05) is 17.9 Å². The molecule has 3 aromatic heterocycles. The van der Waals surface area contributed by atoms with E-state index in [0.717, 1.165) is 66.7 Å². The Kier molecular flexibility index (Phi) is 6.90. The molecule has 0 aliphatic carbocycles. The van der Waals surface area contributed by atoms with Gasteiger partial charge in [-0.1, -0.05) is 37.2 Å². The van der Waals surface area contributed by atoms with Gasteiger partial charge in [-0.15, -0.1) is 11.3 Å².